The predicted molar refractivity (Wildman–Crippen MR) is 90.5 cm³/mol. The Morgan fingerprint density at radius 1 is 1.42 bits per heavy atom. The van der Waals surface area contributed by atoms with Gasteiger partial charge in [0.25, 0.3) is 12.0 Å². The highest BCUT2D eigenvalue weighted by Crippen LogP contribution is 2.37. The second-order valence-corrected chi connectivity index (χ2v) is 6.93. The van der Waals surface area contributed by atoms with E-state index < -0.39 is 41.6 Å². The van der Waals surface area contributed by atoms with Gasteiger partial charge >= 0.3 is 5.69 Å². The van der Waals surface area contributed by atoms with Crippen LogP contribution in [0.4, 0.5) is 0 Å². The monoisotopic (exact) mass is 454 g/mol. The van der Waals surface area contributed by atoms with Crippen molar-refractivity contribution in [2.45, 2.75) is 51.1 Å². The first-order valence-corrected chi connectivity index (χ1v) is 8.26. The summed E-state index contributed by atoms with van der Waals surface area (Å²) in [6.07, 6.45) is -1.52. The zero-order chi connectivity index (χ0) is 18.1. The molecule has 0 amide bonds. The Kier molecular flexibility index (Phi) is 5.83. The Bertz CT molecular complexity index is 714. The average molecular weight is 454 g/mol. The van der Waals surface area contributed by atoms with Gasteiger partial charge in [0.05, 0.1) is 3.57 Å². The summed E-state index contributed by atoms with van der Waals surface area (Å²) in [6.45, 7) is 5.36. The molecule has 9 nitrogen and oxygen atoms in total. The molecule has 1 aromatic rings. The number of nitrogens with zero attached hydrogens (tertiary/aromatic N) is 1. The number of hydrogen-bond donors (Lipinski definition) is 1. The number of methoxy groups -OCH3 is 1. The van der Waals surface area contributed by atoms with Crippen LogP contribution in [0, 0.1) is 3.57 Å². The van der Waals surface area contributed by atoms with E-state index >= 15 is 0 Å². The van der Waals surface area contributed by atoms with Crippen molar-refractivity contribution in [2.75, 3.05) is 7.11 Å². The van der Waals surface area contributed by atoms with E-state index in [9.17, 15) is 14.4 Å². The maximum absolute atomic E-state index is 12.2. The van der Waals surface area contributed by atoms with Gasteiger partial charge in [-0.15, -0.1) is 0 Å². The molecule has 1 N–H and O–H groups in total. The van der Waals surface area contributed by atoms with Crippen LogP contribution in [-0.4, -0.2) is 47.2 Å². The second-order valence-electron chi connectivity index (χ2n) is 5.77. The molecule has 1 aliphatic heterocycles. The van der Waals surface area contributed by atoms with Crippen molar-refractivity contribution in [2.24, 2.45) is 0 Å². The lowest BCUT2D eigenvalue weighted by Gasteiger charge is -2.29. The summed E-state index contributed by atoms with van der Waals surface area (Å²) in [5.41, 5.74) is -1.11. The first-order valence-electron chi connectivity index (χ1n) is 7.18. The lowest BCUT2D eigenvalue weighted by molar-refractivity contribution is -0.171. The maximum atomic E-state index is 12.2. The van der Waals surface area contributed by atoms with Crippen LogP contribution in [-0.2, 0) is 23.7 Å². The van der Waals surface area contributed by atoms with Gasteiger partial charge < -0.3 is 18.9 Å². The van der Waals surface area contributed by atoms with Gasteiger partial charge in [-0.1, -0.05) is 0 Å². The summed E-state index contributed by atoms with van der Waals surface area (Å²) in [4.78, 5) is 36.6. The van der Waals surface area contributed by atoms with Crippen LogP contribution in [0.2, 0.25) is 0 Å². The average Bonchev–Trinajstić information content (AvgIpc) is 2.79. The number of nitrogens with one attached hydrogen (secondary N) is 1. The van der Waals surface area contributed by atoms with Gasteiger partial charge in [0.1, 0.15) is 18.3 Å². The molecule has 0 aliphatic carbocycles. The molecule has 2 heterocycles. The van der Waals surface area contributed by atoms with Crippen molar-refractivity contribution < 1.29 is 23.7 Å². The van der Waals surface area contributed by atoms with Gasteiger partial charge in [0.2, 0.25) is 0 Å². The van der Waals surface area contributed by atoms with Crippen LogP contribution in [0.3, 0.4) is 0 Å². The molecular weight excluding hydrogens is 435 g/mol. The highest BCUT2D eigenvalue weighted by Gasteiger charge is 2.48. The summed E-state index contributed by atoms with van der Waals surface area (Å²) in [5, 5.41) is 0. The van der Waals surface area contributed by atoms with E-state index in [0.717, 1.165) is 0 Å². The number of hydrogen-bond acceptors (Lipinski definition) is 7. The lowest BCUT2D eigenvalue weighted by Crippen LogP contribution is -2.45. The van der Waals surface area contributed by atoms with E-state index in [-0.39, 0.29) is 0 Å². The molecule has 0 radical (unpaired) electrons. The van der Waals surface area contributed by atoms with Crippen LogP contribution in [0.25, 0.3) is 0 Å². The fourth-order valence-corrected chi connectivity index (χ4v) is 3.06. The number of ether oxygens (including phenoxy) is 4. The third kappa shape index (κ3) is 3.87. The molecule has 134 valence electrons. The number of H-pyrrole nitrogens is 1. The molecule has 2 rings (SSSR count). The van der Waals surface area contributed by atoms with Crippen LogP contribution in [0.1, 0.15) is 27.0 Å². The summed E-state index contributed by atoms with van der Waals surface area (Å²) in [6, 6.07) is 0. The second kappa shape index (κ2) is 7.33. The van der Waals surface area contributed by atoms with E-state index in [4.69, 9.17) is 18.9 Å². The molecule has 0 bridgehead atoms. The number of carbonyl (C=O) groups excluding carboxylic acids is 1. The number of carbonyl (C=O) groups is 1. The summed E-state index contributed by atoms with van der Waals surface area (Å²) in [5.74, 6) is -0.992. The topological polar surface area (TPSA) is 109 Å². The van der Waals surface area contributed by atoms with Crippen molar-refractivity contribution in [3.8, 4) is 0 Å². The normalized spacial score (nSPS) is 25.2. The van der Waals surface area contributed by atoms with Gasteiger partial charge in [-0.25, -0.2) is 4.79 Å². The van der Waals surface area contributed by atoms with Crippen LogP contribution >= 0.6 is 22.6 Å². The Morgan fingerprint density at radius 2 is 2.08 bits per heavy atom. The molecule has 24 heavy (non-hydrogen) atoms. The molecule has 1 saturated heterocycles. The SMILES string of the molecule is CO[C@H]([C@H]1OC(C)(C)O[C@H]1n1cc(I)c(=O)[nH]c1=O)[C@H](C)OC=O. The lowest BCUT2D eigenvalue weighted by atomic mass is 10.1. The van der Waals surface area contributed by atoms with Crippen molar-refractivity contribution in [1.82, 2.24) is 9.55 Å². The third-order valence-corrected chi connectivity index (χ3v) is 4.40. The minimum atomic E-state index is -0.992. The van der Waals surface area contributed by atoms with Crippen LogP contribution in [0.15, 0.2) is 15.8 Å². The minimum Gasteiger partial charge on any atom is -0.462 e. The molecule has 4 atom stereocenters. The Labute approximate surface area is 151 Å². The Hall–Kier alpha value is -1.24. The minimum absolute atomic E-state index is 0.321. The standard InChI is InChI=1S/C14H19IN2O7/c1-7(22-6-18)9(21-4)10-12(24-14(2,3)23-10)17-5-8(15)11(19)16-13(17)20/h5-7,9-10,12H,1-4H3,(H,16,19,20)/t7-,9-,10+,12+/m0/s1. The molecular formula is C14H19IN2O7. The third-order valence-electron chi connectivity index (χ3n) is 3.63. The molecule has 0 saturated carbocycles. The van der Waals surface area contributed by atoms with E-state index in [1.54, 1.807) is 20.8 Å². The van der Waals surface area contributed by atoms with Crippen molar-refractivity contribution in [1.29, 1.82) is 0 Å². The van der Waals surface area contributed by atoms with Crippen LogP contribution < -0.4 is 11.2 Å². The van der Waals surface area contributed by atoms with Crippen molar-refractivity contribution in [3.63, 3.8) is 0 Å². The molecule has 0 aromatic carbocycles. The Morgan fingerprint density at radius 3 is 2.67 bits per heavy atom. The van der Waals surface area contributed by atoms with Crippen LogP contribution in [0.5, 0.6) is 0 Å². The van der Waals surface area contributed by atoms with Crippen molar-refractivity contribution in [3.05, 3.63) is 30.6 Å². The zero-order valence-electron chi connectivity index (χ0n) is 13.6. The molecule has 1 aromatic heterocycles. The smallest absolute Gasteiger partial charge is 0.330 e. The molecule has 10 heteroatoms. The van der Waals surface area contributed by atoms with Gasteiger partial charge in [-0.3, -0.25) is 19.1 Å². The fraction of sp³-hybridized carbons (Fsp3) is 0.643. The van der Waals surface area contributed by atoms with Gasteiger partial charge in [-0.05, 0) is 43.4 Å². The number of aromatic amines is 1. The van der Waals surface area contributed by atoms with E-state index in [2.05, 4.69) is 4.98 Å². The highest BCUT2D eigenvalue weighted by atomic mass is 127. The number of rotatable bonds is 6. The first kappa shape index (κ1) is 19.1. The highest BCUT2D eigenvalue weighted by molar-refractivity contribution is 14.1. The largest absolute Gasteiger partial charge is 0.462 e. The van der Waals surface area contributed by atoms with Gasteiger partial charge in [0.15, 0.2) is 12.0 Å². The number of halogens is 1. The van der Waals surface area contributed by atoms with E-state index in [1.165, 1.54) is 17.9 Å². The fourth-order valence-electron chi connectivity index (χ4n) is 2.62. The summed E-state index contributed by atoms with van der Waals surface area (Å²) < 4.78 is 23.6. The van der Waals surface area contributed by atoms with E-state index in [1.807, 2.05) is 22.6 Å². The Balaban J connectivity index is 2.46. The zero-order valence-corrected chi connectivity index (χ0v) is 15.8. The van der Waals surface area contributed by atoms with Crippen molar-refractivity contribution >= 4 is 29.1 Å². The summed E-state index contributed by atoms with van der Waals surface area (Å²) >= 11 is 1.82. The van der Waals surface area contributed by atoms with E-state index in [0.29, 0.717) is 10.0 Å². The maximum Gasteiger partial charge on any atom is 0.330 e. The summed E-state index contributed by atoms with van der Waals surface area (Å²) in [7, 11) is 1.44. The molecule has 0 spiro atoms. The molecule has 1 aliphatic rings. The predicted octanol–water partition coefficient (Wildman–Crippen LogP) is 0.368. The molecule has 0 unspecified atom stereocenters. The van der Waals surface area contributed by atoms with Gasteiger partial charge in [-0.2, -0.15) is 0 Å². The van der Waals surface area contributed by atoms with Gasteiger partial charge in [0, 0.05) is 13.3 Å². The number of aromatic nitrogens is 2. The molecule has 1 fully saturated rings. The first-order chi connectivity index (χ1) is 11.2. The quantitative estimate of drug-likeness (QED) is 0.489.